The molecular weight excluding hydrogens is 298 g/mol. The van der Waals surface area contributed by atoms with Crippen LogP contribution in [0.25, 0.3) is 11.3 Å². The van der Waals surface area contributed by atoms with E-state index in [1.165, 1.54) is 11.3 Å². The SMILES string of the molecule is COc1ccccc1-c1csc(NC(=O)[C@@H](N)C(C)(C)C)n1. The minimum atomic E-state index is -0.592. The van der Waals surface area contributed by atoms with Crippen molar-refractivity contribution in [1.82, 2.24) is 4.98 Å². The van der Waals surface area contributed by atoms with E-state index in [0.717, 1.165) is 17.0 Å². The average molecular weight is 319 g/mol. The van der Waals surface area contributed by atoms with Gasteiger partial charge in [0.2, 0.25) is 5.91 Å². The van der Waals surface area contributed by atoms with Crippen LogP contribution >= 0.6 is 11.3 Å². The number of thiazole rings is 1. The van der Waals surface area contributed by atoms with Crippen LogP contribution in [0.2, 0.25) is 0 Å². The summed E-state index contributed by atoms with van der Waals surface area (Å²) < 4.78 is 5.33. The second kappa shape index (κ2) is 6.46. The van der Waals surface area contributed by atoms with Crippen molar-refractivity contribution < 1.29 is 9.53 Å². The number of carbonyl (C=O) groups excluding carboxylic acids is 1. The van der Waals surface area contributed by atoms with Gasteiger partial charge < -0.3 is 15.8 Å². The topological polar surface area (TPSA) is 77.2 Å². The van der Waals surface area contributed by atoms with Gasteiger partial charge in [0.05, 0.1) is 18.8 Å². The Balaban J connectivity index is 2.17. The summed E-state index contributed by atoms with van der Waals surface area (Å²) in [6, 6.07) is 7.04. The lowest BCUT2D eigenvalue weighted by Gasteiger charge is -2.25. The van der Waals surface area contributed by atoms with Gasteiger partial charge in [0.15, 0.2) is 5.13 Å². The maximum Gasteiger partial charge on any atom is 0.243 e. The highest BCUT2D eigenvalue weighted by Crippen LogP contribution is 2.32. The minimum Gasteiger partial charge on any atom is -0.496 e. The van der Waals surface area contributed by atoms with Gasteiger partial charge in [-0.05, 0) is 17.5 Å². The number of rotatable bonds is 4. The standard InChI is InChI=1S/C16H21N3O2S/c1-16(2,3)13(17)14(20)19-15-18-11(9-22-15)10-7-5-6-8-12(10)21-4/h5-9,13H,17H2,1-4H3,(H,18,19,20)/t13-/m1/s1. The first kappa shape index (κ1) is 16.5. The molecule has 0 saturated carbocycles. The molecule has 118 valence electrons. The molecule has 1 aromatic carbocycles. The highest BCUT2D eigenvalue weighted by atomic mass is 32.1. The van der Waals surface area contributed by atoms with Crippen molar-refractivity contribution in [2.24, 2.45) is 11.1 Å². The normalized spacial score (nSPS) is 12.8. The Morgan fingerprint density at radius 3 is 2.68 bits per heavy atom. The maximum atomic E-state index is 12.1. The number of carbonyl (C=O) groups is 1. The lowest BCUT2D eigenvalue weighted by molar-refractivity contribution is -0.119. The first-order valence-electron chi connectivity index (χ1n) is 6.98. The second-order valence-electron chi connectivity index (χ2n) is 6.07. The van der Waals surface area contributed by atoms with E-state index >= 15 is 0 Å². The molecule has 0 aliphatic carbocycles. The number of nitrogens with two attached hydrogens (primary N) is 1. The van der Waals surface area contributed by atoms with Crippen molar-refractivity contribution in [3.05, 3.63) is 29.6 Å². The monoisotopic (exact) mass is 319 g/mol. The summed E-state index contributed by atoms with van der Waals surface area (Å²) in [6.45, 7) is 5.79. The molecule has 2 aromatic rings. The Bertz CT molecular complexity index is 661. The van der Waals surface area contributed by atoms with Gasteiger partial charge in [-0.2, -0.15) is 0 Å². The summed E-state index contributed by atoms with van der Waals surface area (Å²) in [6.07, 6.45) is 0. The fourth-order valence-electron chi connectivity index (χ4n) is 1.89. The van der Waals surface area contributed by atoms with Crippen molar-refractivity contribution in [1.29, 1.82) is 0 Å². The zero-order chi connectivity index (χ0) is 16.3. The van der Waals surface area contributed by atoms with E-state index in [4.69, 9.17) is 10.5 Å². The van der Waals surface area contributed by atoms with Crippen molar-refractivity contribution in [2.45, 2.75) is 26.8 Å². The Labute approximate surface area is 134 Å². The summed E-state index contributed by atoms with van der Waals surface area (Å²) in [5, 5.41) is 5.20. The zero-order valence-corrected chi connectivity index (χ0v) is 14.0. The molecule has 22 heavy (non-hydrogen) atoms. The van der Waals surface area contributed by atoms with Gasteiger partial charge in [-0.1, -0.05) is 32.9 Å². The van der Waals surface area contributed by atoms with Crippen LogP contribution in [0.5, 0.6) is 5.75 Å². The Morgan fingerprint density at radius 1 is 1.36 bits per heavy atom. The number of hydrogen-bond donors (Lipinski definition) is 2. The van der Waals surface area contributed by atoms with E-state index in [9.17, 15) is 4.79 Å². The van der Waals surface area contributed by atoms with Crippen LogP contribution in [-0.2, 0) is 4.79 Å². The van der Waals surface area contributed by atoms with Crippen molar-refractivity contribution in [2.75, 3.05) is 12.4 Å². The van der Waals surface area contributed by atoms with E-state index in [1.54, 1.807) is 7.11 Å². The molecule has 0 fully saturated rings. The van der Waals surface area contributed by atoms with Crippen LogP contribution in [0.1, 0.15) is 20.8 Å². The number of para-hydroxylation sites is 1. The fourth-order valence-corrected chi connectivity index (χ4v) is 2.60. The third kappa shape index (κ3) is 3.64. The summed E-state index contributed by atoms with van der Waals surface area (Å²) in [4.78, 5) is 16.6. The van der Waals surface area contributed by atoms with Crippen molar-refractivity contribution >= 4 is 22.4 Å². The third-order valence-electron chi connectivity index (χ3n) is 3.33. The number of methoxy groups -OCH3 is 1. The summed E-state index contributed by atoms with van der Waals surface area (Å²) in [7, 11) is 1.62. The first-order chi connectivity index (χ1) is 10.3. The fraction of sp³-hybridized carbons (Fsp3) is 0.375. The molecule has 6 heteroatoms. The van der Waals surface area contributed by atoms with E-state index in [0.29, 0.717) is 5.13 Å². The Morgan fingerprint density at radius 2 is 2.05 bits per heavy atom. The van der Waals surface area contributed by atoms with E-state index in [2.05, 4.69) is 10.3 Å². The second-order valence-corrected chi connectivity index (χ2v) is 6.93. The number of amides is 1. The molecule has 0 radical (unpaired) electrons. The van der Waals surface area contributed by atoms with Gasteiger partial charge in [0.25, 0.3) is 0 Å². The number of aromatic nitrogens is 1. The lowest BCUT2D eigenvalue weighted by atomic mass is 9.87. The molecule has 1 amide bonds. The Kier molecular flexibility index (Phi) is 4.83. The van der Waals surface area contributed by atoms with Gasteiger partial charge in [-0.25, -0.2) is 4.98 Å². The van der Waals surface area contributed by atoms with Crippen LogP contribution in [-0.4, -0.2) is 24.0 Å². The minimum absolute atomic E-state index is 0.228. The van der Waals surface area contributed by atoms with Crippen LogP contribution < -0.4 is 15.8 Å². The number of anilines is 1. The summed E-state index contributed by atoms with van der Waals surface area (Å²) in [5.41, 5.74) is 7.31. The lowest BCUT2D eigenvalue weighted by Crippen LogP contribution is -2.45. The zero-order valence-electron chi connectivity index (χ0n) is 13.2. The predicted octanol–water partition coefficient (Wildman–Crippen LogP) is 3.13. The molecular formula is C16H21N3O2S. The van der Waals surface area contributed by atoms with Crippen LogP contribution in [0, 0.1) is 5.41 Å². The molecule has 0 spiro atoms. The van der Waals surface area contributed by atoms with Crippen LogP contribution in [0.3, 0.4) is 0 Å². The first-order valence-corrected chi connectivity index (χ1v) is 7.86. The van der Waals surface area contributed by atoms with Gasteiger partial charge >= 0.3 is 0 Å². The molecule has 5 nitrogen and oxygen atoms in total. The average Bonchev–Trinajstić information content (AvgIpc) is 2.93. The van der Waals surface area contributed by atoms with E-state index in [-0.39, 0.29) is 11.3 Å². The summed E-state index contributed by atoms with van der Waals surface area (Å²) >= 11 is 1.37. The smallest absolute Gasteiger partial charge is 0.243 e. The number of benzene rings is 1. The van der Waals surface area contributed by atoms with Gasteiger partial charge in [-0.15, -0.1) is 11.3 Å². The molecule has 1 aromatic heterocycles. The van der Waals surface area contributed by atoms with Crippen LogP contribution in [0.4, 0.5) is 5.13 Å². The predicted molar refractivity (Wildman–Crippen MR) is 90.2 cm³/mol. The van der Waals surface area contributed by atoms with E-state index < -0.39 is 6.04 Å². The molecule has 1 atom stereocenters. The van der Waals surface area contributed by atoms with Crippen LogP contribution in [0.15, 0.2) is 29.6 Å². The highest BCUT2D eigenvalue weighted by Gasteiger charge is 2.28. The molecule has 0 saturated heterocycles. The summed E-state index contributed by atoms with van der Waals surface area (Å²) in [5.74, 6) is 0.519. The van der Waals surface area contributed by atoms with Gasteiger partial charge in [0.1, 0.15) is 5.75 Å². The quantitative estimate of drug-likeness (QED) is 0.907. The third-order valence-corrected chi connectivity index (χ3v) is 4.09. The number of ether oxygens (including phenoxy) is 1. The molecule has 0 unspecified atom stereocenters. The largest absolute Gasteiger partial charge is 0.496 e. The van der Waals surface area contributed by atoms with E-state index in [1.807, 2.05) is 50.4 Å². The molecule has 2 rings (SSSR count). The number of nitrogens with zero attached hydrogens (tertiary/aromatic N) is 1. The van der Waals surface area contributed by atoms with Crippen molar-refractivity contribution in [3.63, 3.8) is 0 Å². The number of hydrogen-bond acceptors (Lipinski definition) is 5. The molecule has 3 N–H and O–H groups in total. The van der Waals surface area contributed by atoms with Gasteiger partial charge in [-0.3, -0.25) is 4.79 Å². The number of nitrogens with one attached hydrogen (secondary N) is 1. The van der Waals surface area contributed by atoms with Crippen molar-refractivity contribution in [3.8, 4) is 17.0 Å². The maximum absolute atomic E-state index is 12.1. The van der Waals surface area contributed by atoms with Gasteiger partial charge in [0, 0.05) is 10.9 Å². The molecule has 0 aliphatic heterocycles. The molecule has 0 bridgehead atoms. The molecule has 1 heterocycles. The molecule has 0 aliphatic rings. The Hall–Kier alpha value is -1.92. The highest BCUT2D eigenvalue weighted by molar-refractivity contribution is 7.14.